The highest BCUT2D eigenvalue weighted by Gasteiger charge is 2.37. The molecule has 18 heavy (non-hydrogen) atoms. The van der Waals surface area contributed by atoms with Crippen molar-refractivity contribution in [1.29, 1.82) is 5.41 Å². The van der Waals surface area contributed by atoms with Crippen LogP contribution < -0.4 is 5.73 Å². The highest BCUT2D eigenvalue weighted by Crippen LogP contribution is 2.41. The van der Waals surface area contributed by atoms with Gasteiger partial charge in [-0.15, -0.1) is 0 Å². The summed E-state index contributed by atoms with van der Waals surface area (Å²) < 4.78 is 2.25. The molecule has 4 nitrogen and oxygen atoms in total. The fourth-order valence-corrected chi connectivity index (χ4v) is 3.24. The van der Waals surface area contributed by atoms with Gasteiger partial charge < -0.3 is 10.3 Å². The van der Waals surface area contributed by atoms with Gasteiger partial charge in [0.15, 0.2) is 0 Å². The normalized spacial score (nSPS) is 18.2. The topological polar surface area (TPSA) is 67.7 Å². The fourth-order valence-electron chi connectivity index (χ4n) is 3.24. The number of amidine groups is 1. The number of pyridine rings is 1. The van der Waals surface area contributed by atoms with Gasteiger partial charge in [-0.3, -0.25) is 5.41 Å². The predicted octanol–water partition coefficient (Wildman–Crippen LogP) is 2.63. The van der Waals surface area contributed by atoms with E-state index in [1.54, 1.807) is 0 Å². The Labute approximate surface area is 106 Å². The van der Waals surface area contributed by atoms with Gasteiger partial charge >= 0.3 is 0 Å². The van der Waals surface area contributed by atoms with Gasteiger partial charge in [0.25, 0.3) is 0 Å². The van der Waals surface area contributed by atoms with E-state index in [9.17, 15) is 0 Å². The number of aromatic nitrogens is 2. The van der Waals surface area contributed by atoms with Crippen molar-refractivity contribution >= 4 is 16.9 Å². The molecule has 3 N–H and O–H groups in total. The minimum Gasteiger partial charge on any atom is -0.388 e. The van der Waals surface area contributed by atoms with Crippen LogP contribution in [0.2, 0.25) is 0 Å². The summed E-state index contributed by atoms with van der Waals surface area (Å²) in [6.45, 7) is 0. The monoisotopic (exact) mass is 242 g/mol. The minimum absolute atomic E-state index is 0.0259. The summed E-state index contributed by atoms with van der Waals surface area (Å²) in [5.41, 5.74) is 6.65. The summed E-state index contributed by atoms with van der Waals surface area (Å²) in [5, 5.41) is 8.80. The Morgan fingerprint density at radius 3 is 2.89 bits per heavy atom. The van der Waals surface area contributed by atoms with Crippen molar-refractivity contribution in [3.8, 4) is 0 Å². The summed E-state index contributed by atoms with van der Waals surface area (Å²) in [6.07, 6.45) is 9.16. The molecule has 0 aromatic carbocycles. The summed E-state index contributed by atoms with van der Waals surface area (Å²) in [5.74, 6) is 0.273. The first-order valence-electron chi connectivity index (χ1n) is 6.47. The van der Waals surface area contributed by atoms with Crippen LogP contribution >= 0.6 is 0 Å². The lowest BCUT2D eigenvalue weighted by Crippen LogP contribution is -2.34. The van der Waals surface area contributed by atoms with Crippen LogP contribution in [0.5, 0.6) is 0 Å². The van der Waals surface area contributed by atoms with E-state index in [0.717, 1.165) is 23.9 Å². The molecule has 1 saturated carbocycles. The van der Waals surface area contributed by atoms with E-state index in [-0.39, 0.29) is 11.4 Å². The van der Waals surface area contributed by atoms with Gasteiger partial charge in [-0.05, 0) is 31.0 Å². The summed E-state index contributed by atoms with van der Waals surface area (Å²) in [7, 11) is 0. The third-order valence-corrected chi connectivity index (χ3v) is 4.01. The first kappa shape index (κ1) is 11.3. The molecule has 0 spiro atoms. The largest absolute Gasteiger partial charge is 0.388 e. The summed E-state index contributed by atoms with van der Waals surface area (Å²) in [6, 6.07) is 6.14. The van der Waals surface area contributed by atoms with Crippen molar-refractivity contribution in [2.45, 2.75) is 37.6 Å². The fraction of sp³-hybridized carbons (Fsp3) is 0.429. The van der Waals surface area contributed by atoms with Crippen LogP contribution in [0.1, 0.15) is 32.1 Å². The molecule has 0 unspecified atom stereocenters. The minimum atomic E-state index is -0.0259. The van der Waals surface area contributed by atoms with E-state index in [0.29, 0.717) is 6.42 Å². The zero-order valence-corrected chi connectivity index (χ0v) is 10.4. The van der Waals surface area contributed by atoms with E-state index < -0.39 is 0 Å². The van der Waals surface area contributed by atoms with E-state index >= 15 is 0 Å². The number of nitrogens with zero attached hydrogens (tertiary/aromatic N) is 2. The molecular weight excluding hydrogens is 224 g/mol. The van der Waals surface area contributed by atoms with E-state index in [2.05, 4.69) is 27.9 Å². The van der Waals surface area contributed by atoms with Crippen LogP contribution in [0.3, 0.4) is 0 Å². The van der Waals surface area contributed by atoms with Crippen LogP contribution in [-0.4, -0.2) is 15.4 Å². The van der Waals surface area contributed by atoms with E-state index in [1.165, 1.54) is 12.8 Å². The predicted molar refractivity (Wildman–Crippen MR) is 72.7 cm³/mol. The Bertz CT molecular complexity index is 578. The van der Waals surface area contributed by atoms with Crippen LogP contribution in [0.25, 0.3) is 11.0 Å². The average molecular weight is 242 g/mol. The van der Waals surface area contributed by atoms with Crippen molar-refractivity contribution in [3.05, 3.63) is 30.6 Å². The van der Waals surface area contributed by atoms with Crippen molar-refractivity contribution in [2.75, 3.05) is 0 Å². The van der Waals surface area contributed by atoms with Crippen molar-refractivity contribution in [3.63, 3.8) is 0 Å². The lowest BCUT2D eigenvalue weighted by Gasteiger charge is -2.31. The molecule has 0 bridgehead atoms. The molecule has 4 heteroatoms. The quantitative estimate of drug-likeness (QED) is 0.641. The Morgan fingerprint density at radius 1 is 1.39 bits per heavy atom. The first-order chi connectivity index (χ1) is 8.71. The number of hydrogen-bond acceptors (Lipinski definition) is 2. The zero-order valence-electron chi connectivity index (χ0n) is 10.4. The number of hydrogen-bond donors (Lipinski definition) is 2. The molecule has 2 aromatic rings. The van der Waals surface area contributed by atoms with Crippen LogP contribution in [0, 0.1) is 5.41 Å². The molecule has 1 aliphatic rings. The third kappa shape index (κ3) is 1.68. The molecule has 0 saturated heterocycles. The standard InChI is InChI=1S/C14H18N4/c15-12(16)10-14(6-1-2-7-14)18-9-5-11-4-3-8-17-13(11)18/h3-5,8-9H,1-2,6-7,10H2,(H3,15,16). The van der Waals surface area contributed by atoms with Crippen molar-refractivity contribution in [2.24, 2.45) is 5.73 Å². The van der Waals surface area contributed by atoms with Gasteiger partial charge in [-0.2, -0.15) is 0 Å². The highest BCUT2D eigenvalue weighted by molar-refractivity contribution is 5.79. The Kier molecular flexibility index (Phi) is 2.58. The van der Waals surface area contributed by atoms with Crippen LogP contribution in [0.4, 0.5) is 0 Å². The third-order valence-electron chi connectivity index (χ3n) is 4.01. The number of nitrogens with two attached hydrogens (primary N) is 1. The maximum atomic E-state index is 7.64. The summed E-state index contributed by atoms with van der Waals surface area (Å²) in [4.78, 5) is 4.49. The van der Waals surface area contributed by atoms with Crippen LogP contribution in [-0.2, 0) is 5.54 Å². The molecule has 2 heterocycles. The first-order valence-corrected chi connectivity index (χ1v) is 6.47. The Morgan fingerprint density at radius 2 is 2.17 bits per heavy atom. The molecule has 2 aromatic heterocycles. The van der Waals surface area contributed by atoms with Crippen molar-refractivity contribution < 1.29 is 0 Å². The molecule has 0 atom stereocenters. The number of nitrogens with one attached hydrogen (secondary N) is 1. The summed E-state index contributed by atoms with van der Waals surface area (Å²) >= 11 is 0. The molecular formula is C14H18N4. The lowest BCUT2D eigenvalue weighted by molar-refractivity contribution is 0.313. The Hall–Kier alpha value is -1.84. The molecule has 0 radical (unpaired) electrons. The number of rotatable bonds is 3. The Balaban J connectivity index is 2.12. The molecule has 0 amide bonds. The molecule has 1 fully saturated rings. The smallest absolute Gasteiger partial charge is 0.140 e. The number of fused-ring (bicyclic) bond motifs is 1. The molecule has 3 rings (SSSR count). The second-order valence-corrected chi connectivity index (χ2v) is 5.24. The van der Waals surface area contributed by atoms with Gasteiger partial charge in [-0.1, -0.05) is 12.8 Å². The van der Waals surface area contributed by atoms with Gasteiger partial charge in [-0.25, -0.2) is 4.98 Å². The average Bonchev–Trinajstić information content (AvgIpc) is 2.94. The van der Waals surface area contributed by atoms with Gasteiger partial charge in [0.05, 0.1) is 11.4 Å². The van der Waals surface area contributed by atoms with E-state index in [4.69, 9.17) is 11.1 Å². The van der Waals surface area contributed by atoms with Gasteiger partial charge in [0.2, 0.25) is 0 Å². The zero-order chi connectivity index (χ0) is 12.6. The molecule has 1 aliphatic carbocycles. The van der Waals surface area contributed by atoms with Gasteiger partial charge in [0.1, 0.15) is 5.65 Å². The SMILES string of the molecule is N=C(N)CC1(n2ccc3cccnc32)CCCC1. The van der Waals surface area contributed by atoms with Crippen LogP contribution in [0.15, 0.2) is 30.6 Å². The maximum absolute atomic E-state index is 7.64. The second-order valence-electron chi connectivity index (χ2n) is 5.24. The molecule has 94 valence electrons. The molecule has 0 aliphatic heterocycles. The van der Waals surface area contributed by atoms with Gasteiger partial charge in [0, 0.05) is 24.2 Å². The highest BCUT2D eigenvalue weighted by atomic mass is 15.1. The van der Waals surface area contributed by atoms with E-state index in [1.807, 2.05) is 12.3 Å². The maximum Gasteiger partial charge on any atom is 0.140 e. The lowest BCUT2D eigenvalue weighted by atomic mass is 9.92. The van der Waals surface area contributed by atoms with Crippen molar-refractivity contribution in [1.82, 2.24) is 9.55 Å². The second kappa shape index (κ2) is 4.12.